The number of nitrogens with zero attached hydrogens (tertiary/aromatic N) is 1. The summed E-state index contributed by atoms with van der Waals surface area (Å²) >= 11 is 0. The molecular weight excluding hydrogens is 132 g/mol. The largest absolute Gasteiger partial charge is 0.378 e. The molecule has 58 valence electrons. The minimum Gasteiger partial charge on any atom is -0.378 e. The van der Waals surface area contributed by atoms with E-state index in [4.69, 9.17) is 10.5 Å². The number of primary amides is 1. The van der Waals surface area contributed by atoms with E-state index >= 15 is 0 Å². The molecule has 1 rings (SSSR count). The first kappa shape index (κ1) is 7.50. The van der Waals surface area contributed by atoms with Gasteiger partial charge in [-0.2, -0.15) is 0 Å². The molecule has 0 aromatic carbocycles. The van der Waals surface area contributed by atoms with E-state index in [9.17, 15) is 4.79 Å². The number of nitrogens with two attached hydrogens (primary N) is 1. The Kier molecular flexibility index (Phi) is 2.24. The Hall–Kier alpha value is -0.610. The van der Waals surface area contributed by atoms with Crippen molar-refractivity contribution in [3.63, 3.8) is 0 Å². The maximum Gasteiger partial charge on any atom is 0.237 e. The van der Waals surface area contributed by atoms with Crippen LogP contribution in [0.3, 0.4) is 0 Å². The molecule has 10 heavy (non-hydrogen) atoms. The number of hydrogen-bond acceptors (Lipinski definition) is 3. The van der Waals surface area contributed by atoms with Gasteiger partial charge in [-0.25, -0.2) is 0 Å². The number of carbonyl (C=O) groups is 1. The summed E-state index contributed by atoms with van der Waals surface area (Å²) in [7, 11) is 1.87. The van der Waals surface area contributed by atoms with Gasteiger partial charge in [0.25, 0.3) is 0 Å². The molecule has 1 aliphatic rings. The lowest BCUT2D eigenvalue weighted by Gasteiger charge is -2.29. The maximum atomic E-state index is 10.7. The van der Waals surface area contributed by atoms with E-state index in [1.54, 1.807) is 0 Å². The zero-order valence-electron chi connectivity index (χ0n) is 6.04. The highest BCUT2D eigenvalue weighted by molar-refractivity contribution is 5.80. The Morgan fingerprint density at radius 1 is 1.80 bits per heavy atom. The van der Waals surface area contributed by atoms with Crippen LogP contribution in [-0.4, -0.2) is 43.7 Å². The maximum absolute atomic E-state index is 10.7. The Balaban J connectivity index is 2.47. The van der Waals surface area contributed by atoms with Crippen molar-refractivity contribution in [1.29, 1.82) is 0 Å². The second-order valence-electron chi connectivity index (χ2n) is 2.47. The molecule has 1 saturated heterocycles. The molecule has 1 atom stereocenters. The van der Waals surface area contributed by atoms with Crippen molar-refractivity contribution in [3.05, 3.63) is 0 Å². The smallest absolute Gasteiger partial charge is 0.237 e. The van der Waals surface area contributed by atoms with E-state index in [1.165, 1.54) is 0 Å². The highest BCUT2D eigenvalue weighted by Gasteiger charge is 2.23. The molecule has 4 nitrogen and oxygen atoms in total. The number of hydrogen-bond donors (Lipinski definition) is 1. The Labute approximate surface area is 59.9 Å². The van der Waals surface area contributed by atoms with Gasteiger partial charge in [0.2, 0.25) is 5.91 Å². The van der Waals surface area contributed by atoms with Gasteiger partial charge in [-0.05, 0) is 7.05 Å². The molecule has 1 aliphatic heterocycles. The van der Waals surface area contributed by atoms with Gasteiger partial charge in [-0.15, -0.1) is 0 Å². The lowest BCUT2D eigenvalue weighted by molar-refractivity contribution is -0.128. The average Bonchev–Trinajstić information content (AvgIpc) is 1.88. The second-order valence-corrected chi connectivity index (χ2v) is 2.47. The van der Waals surface area contributed by atoms with Crippen molar-refractivity contribution in [3.8, 4) is 0 Å². The van der Waals surface area contributed by atoms with E-state index in [0.717, 1.165) is 6.54 Å². The first-order chi connectivity index (χ1) is 4.72. The van der Waals surface area contributed by atoms with Gasteiger partial charge in [0.1, 0.15) is 6.04 Å². The SMILES string of the molecule is CN1CCOCC1C(N)=O. The molecule has 0 bridgehead atoms. The van der Waals surface area contributed by atoms with Crippen LogP contribution >= 0.6 is 0 Å². The van der Waals surface area contributed by atoms with Crippen LogP contribution in [0.1, 0.15) is 0 Å². The predicted octanol–water partition coefficient (Wildman–Crippen LogP) is -1.20. The molecule has 0 aliphatic carbocycles. The highest BCUT2D eigenvalue weighted by Crippen LogP contribution is 2.01. The molecule has 1 amide bonds. The zero-order valence-corrected chi connectivity index (χ0v) is 6.04. The molecule has 0 spiro atoms. The van der Waals surface area contributed by atoms with E-state index in [2.05, 4.69) is 0 Å². The van der Waals surface area contributed by atoms with Crippen molar-refractivity contribution in [2.24, 2.45) is 5.73 Å². The minimum absolute atomic E-state index is 0.228. The second kappa shape index (κ2) is 2.98. The molecule has 0 aromatic heterocycles. The van der Waals surface area contributed by atoms with Crippen LogP contribution in [0.15, 0.2) is 0 Å². The Morgan fingerprint density at radius 3 is 2.90 bits per heavy atom. The minimum atomic E-state index is -0.304. The fourth-order valence-electron chi connectivity index (χ4n) is 0.986. The highest BCUT2D eigenvalue weighted by atomic mass is 16.5. The van der Waals surface area contributed by atoms with Gasteiger partial charge < -0.3 is 10.5 Å². The van der Waals surface area contributed by atoms with Gasteiger partial charge in [-0.1, -0.05) is 0 Å². The lowest BCUT2D eigenvalue weighted by atomic mass is 10.2. The molecule has 2 N–H and O–H groups in total. The van der Waals surface area contributed by atoms with Crippen LogP contribution in [0.2, 0.25) is 0 Å². The third-order valence-electron chi connectivity index (χ3n) is 1.72. The summed E-state index contributed by atoms with van der Waals surface area (Å²) in [6, 6.07) is -0.228. The molecule has 1 fully saturated rings. The fourth-order valence-corrected chi connectivity index (χ4v) is 0.986. The summed E-state index contributed by atoms with van der Waals surface area (Å²) in [5.74, 6) is -0.304. The van der Waals surface area contributed by atoms with Crippen molar-refractivity contribution in [2.75, 3.05) is 26.8 Å². The molecule has 0 radical (unpaired) electrons. The van der Waals surface area contributed by atoms with Crippen LogP contribution in [0.25, 0.3) is 0 Å². The molecule has 0 saturated carbocycles. The summed E-state index contributed by atoms with van der Waals surface area (Å²) < 4.78 is 5.07. The zero-order chi connectivity index (χ0) is 7.56. The molecule has 1 heterocycles. The molecular formula is C6H12N2O2. The van der Waals surface area contributed by atoms with Gasteiger partial charge in [0, 0.05) is 6.54 Å². The molecule has 4 heteroatoms. The van der Waals surface area contributed by atoms with E-state index in [-0.39, 0.29) is 11.9 Å². The van der Waals surface area contributed by atoms with Gasteiger partial charge in [0.15, 0.2) is 0 Å². The predicted molar refractivity (Wildman–Crippen MR) is 36.4 cm³/mol. The quantitative estimate of drug-likeness (QED) is 0.503. The number of morpholine rings is 1. The van der Waals surface area contributed by atoms with Crippen molar-refractivity contribution >= 4 is 5.91 Å². The molecule has 0 aromatic rings. The van der Waals surface area contributed by atoms with Gasteiger partial charge >= 0.3 is 0 Å². The number of likely N-dealkylation sites (N-methyl/N-ethyl adjacent to an activating group) is 1. The summed E-state index contributed by atoms with van der Waals surface area (Å²) in [5.41, 5.74) is 5.10. The average molecular weight is 144 g/mol. The van der Waals surface area contributed by atoms with Gasteiger partial charge in [-0.3, -0.25) is 9.69 Å². The van der Waals surface area contributed by atoms with E-state index in [1.807, 2.05) is 11.9 Å². The Morgan fingerprint density at radius 2 is 2.50 bits per heavy atom. The van der Waals surface area contributed by atoms with Crippen LogP contribution < -0.4 is 5.73 Å². The molecule has 1 unspecified atom stereocenters. The monoisotopic (exact) mass is 144 g/mol. The van der Waals surface area contributed by atoms with Crippen LogP contribution in [0.4, 0.5) is 0 Å². The lowest BCUT2D eigenvalue weighted by Crippen LogP contribution is -2.50. The van der Waals surface area contributed by atoms with E-state index in [0.29, 0.717) is 13.2 Å². The van der Waals surface area contributed by atoms with Crippen molar-refractivity contribution in [2.45, 2.75) is 6.04 Å². The van der Waals surface area contributed by atoms with Crippen molar-refractivity contribution < 1.29 is 9.53 Å². The summed E-state index contributed by atoms with van der Waals surface area (Å²) in [6.07, 6.45) is 0. The summed E-state index contributed by atoms with van der Waals surface area (Å²) in [5, 5.41) is 0. The van der Waals surface area contributed by atoms with Crippen LogP contribution in [-0.2, 0) is 9.53 Å². The normalized spacial score (nSPS) is 28.3. The number of ether oxygens (including phenoxy) is 1. The van der Waals surface area contributed by atoms with Crippen molar-refractivity contribution in [1.82, 2.24) is 4.90 Å². The number of carbonyl (C=O) groups excluding carboxylic acids is 1. The number of rotatable bonds is 1. The fraction of sp³-hybridized carbons (Fsp3) is 0.833. The third-order valence-corrected chi connectivity index (χ3v) is 1.72. The third kappa shape index (κ3) is 1.46. The van der Waals surface area contributed by atoms with Gasteiger partial charge in [0.05, 0.1) is 13.2 Å². The standard InChI is InChI=1S/C6H12N2O2/c1-8-2-3-10-4-5(8)6(7)9/h5H,2-4H2,1H3,(H2,7,9). The van der Waals surface area contributed by atoms with Crippen LogP contribution in [0.5, 0.6) is 0 Å². The first-order valence-electron chi connectivity index (χ1n) is 3.29. The topological polar surface area (TPSA) is 55.6 Å². The summed E-state index contributed by atoms with van der Waals surface area (Å²) in [6.45, 7) is 1.92. The first-order valence-corrected chi connectivity index (χ1v) is 3.29. The van der Waals surface area contributed by atoms with E-state index < -0.39 is 0 Å². The number of amides is 1. The Bertz CT molecular complexity index is 138. The summed E-state index contributed by atoms with van der Waals surface area (Å²) in [4.78, 5) is 12.6. The van der Waals surface area contributed by atoms with Crippen LogP contribution in [0, 0.1) is 0 Å².